The maximum Gasteiger partial charge on any atom is 0.130 e. The first-order valence-electron chi connectivity index (χ1n) is 4.58. The molecule has 0 saturated carbocycles. The van der Waals surface area contributed by atoms with Gasteiger partial charge in [-0.25, -0.2) is 4.39 Å². The summed E-state index contributed by atoms with van der Waals surface area (Å²) >= 11 is 3.28. The van der Waals surface area contributed by atoms with Crippen LogP contribution in [0, 0.1) is 5.82 Å². The zero-order valence-electron chi connectivity index (χ0n) is 8.43. The molecule has 82 valence electrons. The van der Waals surface area contributed by atoms with Crippen molar-refractivity contribution < 1.29 is 13.9 Å². The van der Waals surface area contributed by atoms with Gasteiger partial charge in [-0.1, -0.05) is 15.9 Å². The van der Waals surface area contributed by atoms with Crippen molar-refractivity contribution in [2.45, 2.75) is 19.4 Å². The molecule has 0 heterocycles. The molecule has 1 aromatic rings. The number of hydrogen-bond acceptors (Lipinski definition) is 2. The SMILES string of the molecule is COCc1c(F)cc(CCC=O)cc1Br. The molecule has 0 atom stereocenters. The maximum absolute atomic E-state index is 13.5. The van der Waals surface area contributed by atoms with Crippen LogP contribution in [0.25, 0.3) is 0 Å². The number of carbonyl (C=O) groups is 1. The fourth-order valence-corrected chi connectivity index (χ4v) is 1.91. The first kappa shape index (κ1) is 12.3. The van der Waals surface area contributed by atoms with Crippen molar-refractivity contribution in [1.82, 2.24) is 0 Å². The molecular weight excluding hydrogens is 263 g/mol. The van der Waals surface area contributed by atoms with Crippen LogP contribution in [-0.4, -0.2) is 13.4 Å². The van der Waals surface area contributed by atoms with Crippen LogP contribution < -0.4 is 0 Å². The lowest BCUT2D eigenvalue weighted by Gasteiger charge is -2.07. The highest BCUT2D eigenvalue weighted by atomic mass is 79.9. The second-order valence-corrected chi connectivity index (χ2v) is 4.03. The average molecular weight is 275 g/mol. The number of aldehydes is 1. The van der Waals surface area contributed by atoms with Crippen molar-refractivity contribution >= 4 is 22.2 Å². The van der Waals surface area contributed by atoms with Crippen molar-refractivity contribution in [3.05, 3.63) is 33.5 Å². The predicted molar refractivity (Wildman–Crippen MR) is 59.2 cm³/mol. The lowest BCUT2D eigenvalue weighted by molar-refractivity contribution is -0.107. The van der Waals surface area contributed by atoms with Crippen LogP contribution in [0.15, 0.2) is 16.6 Å². The summed E-state index contributed by atoms with van der Waals surface area (Å²) in [5.41, 5.74) is 1.32. The quantitative estimate of drug-likeness (QED) is 0.772. The Kier molecular flexibility index (Phi) is 4.91. The van der Waals surface area contributed by atoms with Gasteiger partial charge in [0, 0.05) is 23.6 Å². The Labute approximate surface area is 96.6 Å². The summed E-state index contributed by atoms with van der Waals surface area (Å²) in [6.07, 6.45) is 1.80. The monoisotopic (exact) mass is 274 g/mol. The number of rotatable bonds is 5. The average Bonchev–Trinajstić information content (AvgIpc) is 2.20. The molecule has 0 N–H and O–H groups in total. The normalized spacial score (nSPS) is 10.3. The van der Waals surface area contributed by atoms with Crippen molar-refractivity contribution in [3.63, 3.8) is 0 Å². The van der Waals surface area contributed by atoms with Crippen molar-refractivity contribution in [3.8, 4) is 0 Å². The van der Waals surface area contributed by atoms with Gasteiger partial charge in [0.05, 0.1) is 6.61 Å². The van der Waals surface area contributed by atoms with Gasteiger partial charge in [0.15, 0.2) is 0 Å². The highest BCUT2D eigenvalue weighted by Gasteiger charge is 2.08. The van der Waals surface area contributed by atoms with Gasteiger partial charge in [0.1, 0.15) is 12.1 Å². The molecule has 0 saturated heterocycles. The minimum absolute atomic E-state index is 0.236. The number of carbonyl (C=O) groups excluding carboxylic acids is 1. The van der Waals surface area contributed by atoms with Gasteiger partial charge in [-0.05, 0) is 24.1 Å². The standard InChI is InChI=1S/C11H12BrFO2/c1-15-7-9-10(12)5-8(3-2-4-14)6-11(9)13/h4-6H,2-3,7H2,1H3. The molecule has 4 heteroatoms. The van der Waals surface area contributed by atoms with Gasteiger partial charge >= 0.3 is 0 Å². The predicted octanol–water partition coefficient (Wildman–Crippen LogP) is 2.87. The third-order valence-electron chi connectivity index (χ3n) is 2.04. The number of benzene rings is 1. The smallest absolute Gasteiger partial charge is 0.130 e. The fourth-order valence-electron chi connectivity index (χ4n) is 1.31. The molecule has 0 unspecified atom stereocenters. The third-order valence-corrected chi connectivity index (χ3v) is 2.75. The molecule has 0 spiro atoms. The Hall–Kier alpha value is -0.740. The number of ether oxygens (including phenoxy) is 1. The molecule has 1 rings (SSSR count). The molecule has 15 heavy (non-hydrogen) atoms. The Morgan fingerprint density at radius 3 is 2.80 bits per heavy atom. The summed E-state index contributed by atoms with van der Waals surface area (Å²) in [5, 5.41) is 0. The molecule has 0 bridgehead atoms. The second-order valence-electron chi connectivity index (χ2n) is 3.18. The van der Waals surface area contributed by atoms with Crippen molar-refractivity contribution in [2.24, 2.45) is 0 Å². The van der Waals surface area contributed by atoms with E-state index in [4.69, 9.17) is 4.74 Å². The van der Waals surface area contributed by atoms with Crippen LogP contribution in [0.1, 0.15) is 17.5 Å². The molecule has 2 nitrogen and oxygen atoms in total. The molecule has 0 aliphatic heterocycles. The molecule has 0 aromatic heterocycles. The van der Waals surface area contributed by atoms with E-state index in [-0.39, 0.29) is 12.4 Å². The van der Waals surface area contributed by atoms with Crippen LogP contribution in [-0.2, 0) is 22.6 Å². The second kappa shape index (κ2) is 5.98. The summed E-state index contributed by atoms with van der Waals surface area (Å²) in [4.78, 5) is 10.2. The van der Waals surface area contributed by atoms with Crippen LogP contribution >= 0.6 is 15.9 Å². The van der Waals surface area contributed by atoms with E-state index in [0.29, 0.717) is 22.9 Å². The van der Waals surface area contributed by atoms with Crippen molar-refractivity contribution in [2.75, 3.05) is 7.11 Å². The van der Waals surface area contributed by atoms with Gasteiger partial charge < -0.3 is 9.53 Å². The topological polar surface area (TPSA) is 26.3 Å². The van der Waals surface area contributed by atoms with Gasteiger partial charge in [0.25, 0.3) is 0 Å². The summed E-state index contributed by atoms with van der Waals surface area (Å²) in [5.74, 6) is -0.299. The van der Waals surface area contributed by atoms with Crippen LogP contribution in [0.2, 0.25) is 0 Å². The van der Waals surface area contributed by atoms with Crippen molar-refractivity contribution in [1.29, 1.82) is 0 Å². The zero-order chi connectivity index (χ0) is 11.3. The summed E-state index contributed by atoms with van der Waals surface area (Å²) in [6, 6.07) is 3.27. The molecule has 1 aromatic carbocycles. The zero-order valence-corrected chi connectivity index (χ0v) is 10.0. The molecule has 0 radical (unpaired) electrons. The van der Waals surface area contributed by atoms with Gasteiger partial charge in [-0.15, -0.1) is 0 Å². The van der Waals surface area contributed by atoms with E-state index in [2.05, 4.69) is 15.9 Å². The van der Waals surface area contributed by atoms with Gasteiger partial charge in [0.2, 0.25) is 0 Å². The number of halogens is 2. The Bertz CT molecular complexity index is 329. The molecule has 0 aliphatic rings. The van der Waals surface area contributed by atoms with E-state index in [0.717, 1.165) is 11.8 Å². The first-order chi connectivity index (χ1) is 7.19. The van der Waals surface area contributed by atoms with E-state index in [1.165, 1.54) is 13.2 Å². The van der Waals surface area contributed by atoms with Gasteiger partial charge in [-0.3, -0.25) is 0 Å². The van der Waals surface area contributed by atoms with Gasteiger partial charge in [-0.2, -0.15) is 0 Å². The highest BCUT2D eigenvalue weighted by Crippen LogP contribution is 2.23. The Morgan fingerprint density at radius 1 is 1.53 bits per heavy atom. The molecule has 0 aliphatic carbocycles. The lowest BCUT2D eigenvalue weighted by Crippen LogP contribution is -1.97. The van der Waals surface area contributed by atoms with Crippen LogP contribution in [0.5, 0.6) is 0 Å². The largest absolute Gasteiger partial charge is 0.380 e. The number of aryl methyl sites for hydroxylation is 1. The fraction of sp³-hybridized carbons (Fsp3) is 0.364. The molecule has 0 fully saturated rings. The van der Waals surface area contributed by atoms with Crippen LogP contribution in [0.4, 0.5) is 4.39 Å². The third kappa shape index (κ3) is 3.39. The maximum atomic E-state index is 13.5. The lowest BCUT2D eigenvalue weighted by atomic mass is 10.1. The minimum Gasteiger partial charge on any atom is -0.380 e. The van der Waals surface area contributed by atoms with E-state index in [1.54, 1.807) is 0 Å². The van der Waals surface area contributed by atoms with E-state index >= 15 is 0 Å². The number of hydrogen-bond donors (Lipinski definition) is 0. The summed E-state index contributed by atoms with van der Waals surface area (Å²) in [6.45, 7) is 0.236. The van der Waals surface area contributed by atoms with E-state index in [9.17, 15) is 9.18 Å². The Morgan fingerprint density at radius 2 is 2.27 bits per heavy atom. The molecule has 0 amide bonds. The van der Waals surface area contributed by atoms with E-state index in [1.807, 2.05) is 6.07 Å². The van der Waals surface area contributed by atoms with Crippen LogP contribution in [0.3, 0.4) is 0 Å². The highest BCUT2D eigenvalue weighted by molar-refractivity contribution is 9.10. The summed E-state index contributed by atoms with van der Waals surface area (Å²) in [7, 11) is 1.52. The molecular formula is C11H12BrFO2. The van der Waals surface area contributed by atoms with E-state index < -0.39 is 0 Å². The number of methoxy groups -OCH3 is 1. The minimum atomic E-state index is -0.299. The summed E-state index contributed by atoms with van der Waals surface area (Å²) < 4.78 is 19.1. The Balaban J connectivity index is 2.91. The first-order valence-corrected chi connectivity index (χ1v) is 5.37.